The summed E-state index contributed by atoms with van der Waals surface area (Å²) in [5.74, 6) is -1.65. The minimum absolute atomic E-state index is 0.0454. The van der Waals surface area contributed by atoms with Crippen LogP contribution in [-0.4, -0.2) is 44.9 Å². The van der Waals surface area contributed by atoms with Crippen LogP contribution in [0, 0.1) is 11.7 Å². The van der Waals surface area contributed by atoms with Crippen molar-refractivity contribution in [1.29, 1.82) is 0 Å². The third kappa shape index (κ3) is 2.75. The van der Waals surface area contributed by atoms with Gasteiger partial charge in [-0.15, -0.1) is 0 Å². The first-order chi connectivity index (χ1) is 15.2. The van der Waals surface area contributed by atoms with Crippen LogP contribution < -0.4 is 5.56 Å². The number of pyridine rings is 1. The molecule has 1 aromatic carbocycles. The molecule has 1 saturated carbocycles. The zero-order chi connectivity index (χ0) is 22.9. The lowest BCUT2D eigenvalue weighted by molar-refractivity contribution is 0.0487. The fourth-order valence-corrected chi connectivity index (χ4v) is 5.77. The van der Waals surface area contributed by atoms with Gasteiger partial charge in [-0.2, -0.15) is 0 Å². The molecule has 1 fully saturated rings. The summed E-state index contributed by atoms with van der Waals surface area (Å²) < 4.78 is 14.9. The monoisotopic (exact) mass is 459 g/mol. The lowest BCUT2D eigenvalue weighted by atomic mass is 9.95. The van der Waals surface area contributed by atoms with Crippen molar-refractivity contribution in [3.63, 3.8) is 0 Å². The highest BCUT2D eigenvalue weighted by Gasteiger charge is 2.54. The molecule has 2 aliphatic heterocycles. The maximum Gasteiger partial charge on any atom is 0.296 e. The van der Waals surface area contributed by atoms with Gasteiger partial charge in [0.1, 0.15) is 17.2 Å². The van der Waals surface area contributed by atoms with Gasteiger partial charge in [0.15, 0.2) is 5.75 Å². The molecule has 1 aliphatic carbocycles. The van der Waals surface area contributed by atoms with Gasteiger partial charge in [0, 0.05) is 25.7 Å². The summed E-state index contributed by atoms with van der Waals surface area (Å²) >= 11 is 5.85. The highest BCUT2D eigenvalue weighted by Crippen LogP contribution is 2.47. The summed E-state index contributed by atoms with van der Waals surface area (Å²) in [7, 11) is 1.69. The predicted molar refractivity (Wildman–Crippen MR) is 115 cm³/mol. The smallest absolute Gasteiger partial charge is 0.296 e. The Morgan fingerprint density at radius 2 is 2.00 bits per heavy atom. The lowest BCUT2D eigenvalue weighted by Gasteiger charge is -2.34. The molecule has 7 nitrogen and oxygen atoms in total. The molecule has 5 rings (SSSR count). The van der Waals surface area contributed by atoms with Gasteiger partial charge in [0.05, 0.1) is 10.6 Å². The first kappa shape index (κ1) is 21.0. The molecule has 1 spiro atoms. The largest absolute Gasteiger partial charge is 0.502 e. The second-order valence-corrected chi connectivity index (χ2v) is 9.52. The molecular formula is C23H23ClFN3O4. The molecular weight excluding hydrogens is 437 g/mol. The van der Waals surface area contributed by atoms with Gasteiger partial charge in [0.2, 0.25) is 0 Å². The van der Waals surface area contributed by atoms with Crippen molar-refractivity contribution in [2.45, 2.75) is 44.8 Å². The van der Waals surface area contributed by atoms with Crippen LogP contribution in [0.4, 0.5) is 4.39 Å². The molecule has 3 aliphatic rings. The van der Waals surface area contributed by atoms with Gasteiger partial charge in [-0.05, 0) is 49.3 Å². The fraction of sp³-hybridized carbons (Fsp3) is 0.435. The zero-order valence-corrected chi connectivity index (χ0v) is 18.6. The van der Waals surface area contributed by atoms with E-state index in [2.05, 4.69) is 6.92 Å². The quantitative estimate of drug-likeness (QED) is 0.748. The van der Waals surface area contributed by atoms with E-state index in [1.54, 1.807) is 11.9 Å². The molecule has 1 aromatic heterocycles. The summed E-state index contributed by atoms with van der Waals surface area (Å²) in [6, 6.07) is 4.21. The Labute approximate surface area is 189 Å². The van der Waals surface area contributed by atoms with Crippen LogP contribution in [0.15, 0.2) is 23.0 Å². The van der Waals surface area contributed by atoms with Crippen molar-refractivity contribution in [2.24, 2.45) is 5.92 Å². The number of rotatable bonds is 2. The number of aromatic nitrogens is 1. The van der Waals surface area contributed by atoms with E-state index in [4.69, 9.17) is 11.6 Å². The topological polar surface area (TPSA) is 82.9 Å². The molecule has 2 unspecified atom stereocenters. The lowest BCUT2D eigenvalue weighted by Crippen LogP contribution is -2.47. The van der Waals surface area contributed by atoms with E-state index in [0.29, 0.717) is 42.9 Å². The maximum absolute atomic E-state index is 13.5. The van der Waals surface area contributed by atoms with E-state index >= 15 is 0 Å². The summed E-state index contributed by atoms with van der Waals surface area (Å²) in [4.78, 5) is 42.9. The second kappa shape index (κ2) is 7.07. The van der Waals surface area contributed by atoms with Crippen LogP contribution >= 0.6 is 11.6 Å². The Bertz CT molecular complexity index is 1240. The van der Waals surface area contributed by atoms with Crippen molar-refractivity contribution in [3.8, 4) is 5.75 Å². The van der Waals surface area contributed by atoms with Gasteiger partial charge >= 0.3 is 0 Å². The average Bonchev–Trinajstić information content (AvgIpc) is 3.24. The molecule has 0 radical (unpaired) electrons. The van der Waals surface area contributed by atoms with E-state index in [-0.39, 0.29) is 28.7 Å². The van der Waals surface area contributed by atoms with Gasteiger partial charge in [-0.1, -0.05) is 24.6 Å². The first-order valence-electron chi connectivity index (χ1n) is 10.7. The Morgan fingerprint density at radius 1 is 1.25 bits per heavy atom. The number of amides is 2. The summed E-state index contributed by atoms with van der Waals surface area (Å²) in [5, 5.41) is 10.8. The SMILES string of the molecule is CC1CCC2(C1)N(C)C(=O)c1c3c(c(O)c(=O)n12)C(=O)N(Cc1ccc(F)c(Cl)c1)CC3. The predicted octanol–water partition coefficient (Wildman–Crippen LogP) is 3.10. The van der Waals surface area contributed by atoms with Crippen LogP contribution in [0.25, 0.3) is 0 Å². The number of hydrogen-bond donors (Lipinski definition) is 1. The number of hydrogen-bond acceptors (Lipinski definition) is 4. The molecule has 3 heterocycles. The molecule has 2 atom stereocenters. The second-order valence-electron chi connectivity index (χ2n) is 9.11. The zero-order valence-electron chi connectivity index (χ0n) is 17.8. The molecule has 0 saturated heterocycles. The van der Waals surface area contributed by atoms with Crippen LogP contribution in [0.5, 0.6) is 5.75 Å². The Balaban J connectivity index is 1.60. The molecule has 2 amide bonds. The van der Waals surface area contributed by atoms with Crippen LogP contribution in [0.3, 0.4) is 0 Å². The fourth-order valence-electron chi connectivity index (χ4n) is 5.57. The van der Waals surface area contributed by atoms with Crippen molar-refractivity contribution in [3.05, 3.63) is 61.8 Å². The molecule has 32 heavy (non-hydrogen) atoms. The van der Waals surface area contributed by atoms with Crippen molar-refractivity contribution in [2.75, 3.05) is 13.6 Å². The maximum atomic E-state index is 13.5. The summed E-state index contributed by atoms with van der Waals surface area (Å²) in [6.07, 6.45) is 2.46. The number of carbonyl (C=O) groups excluding carboxylic acids is 2. The molecule has 2 aromatic rings. The third-order valence-electron chi connectivity index (χ3n) is 7.20. The van der Waals surface area contributed by atoms with Crippen LogP contribution in [0.1, 0.15) is 58.2 Å². The number of nitrogens with zero attached hydrogens (tertiary/aromatic N) is 3. The van der Waals surface area contributed by atoms with E-state index in [1.807, 2.05) is 0 Å². The van der Waals surface area contributed by atoms with Gasteiger partial charge in [-0.3, -0.25) is 19.0 Å². The van der Waals surface area contributed by atoms with Gasteiger partial charge in [-0.25, -0.2) is 4.39 Å². The molecule has 168 valence electrons. The van der Waals surface area contributed by atoms with Crippen molar-refractivity contribution >= 4 is 23.4 Å². The average molecular weight is 460 g/mol. The van der Waals surface area contributed by atoms with E-state index in [9.17, 15) is 23.9 Å². The van der Waals surface area contributed by atoms with Gasteiger partial charge < -0.3 is 14.9 Å². The van der Waals surface area contributed by atoms with Crippen molar-refractivity contribution < 1.29 is 19.1 Å². The van der Waals surface area contributed by atoms with E-state index in [1.165, 1.54) is 27.7 Å². The molecule has 1 N–H and O–H groups in total. The standard InChI is InChI=1S/C23H23ClFN3O4/c1-12-5-7-23(10-12)26(2)21(31)18-14-6-8-27(11-13-3-4-16(25)15(24)9-13)20(30)17(14)19(29)22(32)28(18)23/h3-4,9,12,29H,5-8,10-11H2,1-2H3. The number of aromatic hydroxyl groups is 1. The van der Waals surface area contributed by atoms with Crippen molar-refractivity contribution in [1.82, 2.24) is 14.4 Å². The number of halogens is 2. The highest BCUT2D eigenvalue weighted by molar-refractivity contribution is 6.30. The molecule has 9 heteroatoms. The summed E-state index contributed by atoms with van der Waals surface area (Å²) in [6.45, 7) is 2.52. The Kier molecular flexibility index (Phi) is 4.64. The first-order valence-corrected chi connectivity index (χ1v) is 11.1. The van der Waals surface area contributed by atoms with E-state index < -0.39 is 28.7 Å². The third-order valence-corrected chi connectivity index (χ3v) is 7.49. The van der Waals surface area contributed by atoms with Crippen LogP contribution in [-0.2, 0) is 18.6 Å². The number of carbonyl (C=O) groups is 2. The minimum atomic E-state index is -0.791. The summed E-state index contributed by atoms with van der Waals surface area (Å²) in [5.41, 5.74) is -0.331. The Morgan fingerprint density at radius 3 is 2.66 bits per heavy atom. The number of fused-ring (bicyclic) bond motifs is 4. The normalized spacial score (nSPS) is 24.4. The Hall–Kier alpha value is -2.87. The number of benzene rings is 1. The minimum Gasteiger partial charge on any atom is -0.502 e. The van der Waals surface area contributed by atoms with Gasteiger partial charge in [0.25, 0.3) is 17.4 Å². The van der Waals surface area contributed by atoms with E-state index in [0.717, 1.165) is 6.42 Å². The highest BCUT2D eigenvalue weighted by atomic mass is 35.5. The molecule has 0 bridgehead atoms. The van der Waals surface area contributed by atoms with Crippen LogP contribution in [0.2, 0.25) is 5.02 Å².